The monoisotopic (exact) mass is 311 g/mol. The highest BCUT2D eigenvalue weighted by molar-refractivity contribution is 9.10. The van der Waals surface area contributed by atoms with E-state index in [0.717, 1.165) is 21.5 Å². The normalized spacial score (nSPS) is 12.4. The van der Waals surface area contributed by atoms with E-state index in [1.807, 2.05) is 31.2 Å². The van der Waals surface area contributed by atoms with E-state index >= 15 is 0 Å². The summed E-state index contributed by atoms with van der Waals surface area (Å²) in [4.78, 5) is 0. The molecule has 0 aliphatic carbocycles. The molecule has 5 heteroatoms. The zero-order chi connectivity index (χ0) is 13.1. The molecule has 0 aliphatic heterocycles. The van der Waals surface area contributed by atoms with Crippen LogP contribution in [0.3, 0.4) is 0 Å². The topological polar surface area (TPSA) is 55.5 Å². The highest BCUT2D eigenvalue weighted by Gasteiger charge is 2.11. The van der Waals surface area contributed by atoms with Crippen LogP contribution >= 0.6 is 15.9 Å². The fraction of sp³-hybridized carbons (Fsp3) is 0.308. The molecule has 1 heterocycles. The first-order valence-corrected chi connectivity index (χ1v) is 6.38. The first kappa shape index (κ1) is 13.1. The van der Waals surface area contributed by atoms with Crippen LogP contribution in [0.2, 0.25) is 0 Å². The number of nitrogens with zero attached hydrogens (tertiary/aromatic N) is 1. The Morgan fingerprint density at radius 3 is 2.83 bits per heavy atom. The van der Waals surface area contributed by atoms with Gasteiger partial charge in [-0.3, -0.25) is 0 Å². The minimum atomic E-state index is -0.587. The summed E-state index contributed by atoms with van der Waals surface area (Å²) in [6.07, 6.45) is -0.587. The molecule has 0 radical (unpaired) electrons. The van der Waals surface area contributed by atoms with E-state index in [4.69, 9.17) is 9.26 Å². The highest BCUT2D eigenvalue weighted by Crippen LogP contribution is 2.29. The Morgan fingerprint density at radius 2 is 2.22 bits per heavy atom. The number of aliphatic hydroxyl groups excluding tert-OH is 1. The predicted molar refractivity (Wildman–Crippen MR) is 70.3 cm³/mol. The van der Waals surface area contributed by atoms with Gasteiger partial charge in [-0.05, 0) is 32.0 Å². The van der Waals surface area contributed by atoms with Gasteiger partial charge in [-0.1, -0.05) is 21.1 Å². The molecule has 0 spiro atoms. The molecule has 0 fully saturated rings. The van der Waals surface area contributed by atoms with Gasteiger partial charge in [0.15, 0.2) is 0 Å². The molecule has 1 N–H and O–H groups in total. The molecular formula is C13H14BrNO3. The Morgan fingerprint density at radius 1 is 1.44 bits per heavy atom. The summed E-state index contributed by atoms with van der Waals surface area (Å²) in [6.45, 7) is 3.85. The maximum absolute atomic E-state index is 9.70. The summed E-state index contributed by atoms with van der Waals surface area (Å²) < 4.78 is 11.5. The minimum Gasteiger partial charge on any atom is -0.487 e. The SMILES string of the molecule is Cc1cc(COc2ccc(Br)cc2[C@H](C)O)no1. The summed E-state index contributed by atoms with van der Waals surface area (Å²) in [5, 5.41) is 13.5. The molecule has 1 atom stereocenters. The molecule has 0 saturated carbocycles. The van der Waals surface area contributed by atoms with E-state index < -0.39 is 6.10 Å². The number of halogens is 1. The third-order valence-corrected chi connectivity index (χ3v) is 2.97. The van der Waals surface area contributed by atoms with Crippen molar-refractivity contribution in [1.29, 1.82) is 0 Å². The first-order valence-electron chi connectivity index (χ1n) is 5.59. The second-order valence-corrected chi connectivity index (χ2v) is 4.99. The second-order valence-electron chi connectivity index (χ2n) is 4.08. The average Bonchev–Trinajstić information content (AvgIpc) is 2.73. The standard InChI is InChI=1S/C13H14BrNO3/c1-8-5-11(15-18-8)7-17-13-4-3-10(14)6-12(13)9(2)16/h3-6,9,16H,7H2,1-2H3/t9-/m0/s1. The van der Waals surface area contributed by atoms with Gasteiger partial charge < -0.3 is 14.4 Å². The zero-order valence-electron chi connectivity index (χ0n) is 10.2. The van der Waals surface area contributed by atoms with Crippen LogP contribution < -0.4 is 4.74 Å². The fourth-order valence-corrected chi connectivity index (χ4v) is 1.99. The number of rotatable bonds is 4. The van der Waals surface area contributed by atoms with E-state index in [1.54, 1.807) is 6.92 Å². The number of hydrogen-bond donors (Lipinski definition) is 1. The second kappa shape index (κ2) is 5.54. The molecule has 4 nitrogen and oxygen atoms in total. The van der Waals surface area contributed by atoms with Gasteiger partial charge in [0.05, 0.1) is 6.10 Å². The lowest BCUT2D eigenvalue weighted by molar-refractivity contribution is 0.189. The van der Waals surface area contributed by atoms with Crippen LogP contribution in [0.5, 0.6) is 5.75 Å². The number of ether oxygens (including phenoxy) is 1. The van der Waals surface area contributed by atoms with Gasteiger partial charge in [0, 0.05) is 16.1 Å². The summed E-state index contributed by atoms with van der Waals surface area (Å²) in [5.41, 5.74) is 1.47. The Balaban J connectivity index is 2.13. The van der Waals surface area contributed by atoms with E-state index in [0.29, 0.717) is 12.4 Å². The van der Waals surface area contributed by atoms with Crippen molar-refractivity contribution in [1.82, 2.24) is 5.16 Å². The van der Waals surface area contributed by atoms with Crippen molar-refractivity contribution in [3.05, 3.63) is 45.8 Å². The molecule has 2 rings (SSSR count). The fourth-order valence-electron chi connectivity index (χ4n) is 1.61. The van der Waals surface area contributed by atoms with Crippen LogP contribution in [0.1, 0.15) is 30.0 Å². The van der Waals surface area contributed by atoms with Gasteiger partial charge in [-0.25, -0.2) is 0 Å². The highest BCUT2D eigenvalue weighted by atomic mass is 79.9. The zero-order valence-corrected chi connectivity index (χ0v) is 11.8. The van der Waals surface area contributed by atoms with Crippen molar-refractivity contribution in [2.24, 2.45) is 0 Å². The third-order valence-electron chi connectivity index (χ3n) is 2.47. The van der Waals surface area contributed by atoms with Crippen molar-refractivity contribution < 1.29 is 14.4 Å². The van der Waals surface area contributed by atoms with Gasteiger partial charge in [0.1, 0.15) is 23.8 Å². The molecule has 1 aromatic carbocycles. The Bertz CT molecular complexity index is 537. The molecule has 18 heavy (non-hydrogen) atoms. The molecule has 0 amide bonds. The van der Waals surface area contributed by atoms with Crippen LogP contribution in [-0.4, -0.2) is 10.3 Å². The molecule has 96 valence electrons. The van der Waals surface area contributed by atoms with Gasteiger partial charge >= 0.3 is 0 Å². The minimum absolute atomic E-state index is 0.318. The van der Waals surface area contributed by atoms with E-state index in [2.05, 4.69) is 21.1 Å². The summed E-state index contributed by atoms with van der Waals surface area (Å²) in [5.74, 6) is 1.40. The Hall–Kier alpha value is -1.33. The maximum Gasteiger partial charge on any atom is 0.134 e. The molecular weight excluding hydrogens is 298 g/mol. The Labute approximate surface area is 114 Å². The molecule has 0 saturated heterocycles. The van der Waals surface area contributed by atoms with Crippen LogP contribution in [0, 0.1) is 6.92 Å². The first-order chi connectivity index (χ1) is 8.56. The smallest absolute Gasteiger partial charge is 0.134 e. The molecule has 0 unspecified atom stereocenters. The lowest BCUT2D eigenvalue weighted by Crippen LogP contribution is -2.01. The van der Waals surface area contributed by atoms with Crippen LogP contribution in [0.25, 0.3) is 0 Å². The lowest BCUT2D eigenvalue weighted by Gasteiger charge is -2.13. The number of aromatic nitrogens is 1. The average molecular weight is 312 g/mol. The number of hydrogen-bond acceptors (Lipinski definition) is 4. The summed E-state index contributed by atoms with van der Waals surface area (Å²) >= 11 is 3.37. The van der Waals surface area contributed by atoms with E-state index in [-0.39, 0.29) is 0 Å². The number of aryl methyl sites for hydroxylation is 1. The molecule has 0 aliphatic rings. The van der Waals surface area contributed by atoms with Gasteiger partial charge in [0.2, 0.25) is 0 Å². The van der Waals surface area contributed by atoms with E-state index in [9.17, 15) is 5.11 Å². The third kappa shape index (κ3) is 3.11. The van der Waals surface area contributed by atoms with Crippen molar-refractivity contribution in [3.8, 4) is 5.75 Å². The summed E-state index contributed by atoms with van der Waals surface area (Å²) in [6, 6.07) is 7.35. The van der Waals surface area contributed by atoms with Gasteiger partial charge in [-0.15, -0.1) is 0 Å². The van der Waals surface area contributed by atoms with Crippen LogP contribution in [-0.2, 0) is 6.61 Å². The summed E-state index contributed by atoms with van der Waals surface area (Å²) in [7, 11) is 0. The van der Waals surface area contributed by atoms with Crippen LogP contribution in [0.4, 0.5) is 0 Å². The number of aliphatic hydroxyl groups is 1. The van der Waals surface area contributed by atoms with Gasteiger partial charge in [0.25, 0.3) is 0 Å². The van der Waals surface area contributed by atoms with Crippen molar-refractivity contribution in [2.45, 2.75) is 26.6 Å². The maximum atomic E-state index is 9.70. The van der Waals surface area contributed by atoms with Crippen molar-refractivity contribution >= 4 is 15.9 Å². The predicted octanol–water partition coefficient (Wildman–Crippen LogP) is 3.38. The van der Waals surface area contributed by atoms with Crippen molar-refractivity contribution in [3.63, 3.8) is 0 Å². The van der Waals surface area contributed by atoms with Crippen molar-refractivity contribution in [2.75, 3.05) is 0 Å². The molecule has 1 aromatic heterocycles. The number of benzene rings is 1. The largest absolute Gasteiger partial charge is 0.487 e. The van der Waals surface area contributed by atoms with E-state index in [1.165, 1.54) is 0 Å². The van der Waals surface area contributed by atoms with Gasteiger partial charge in [-0.2, -0.15) is 0 Å². The molecule has 2 aromatic rings. The Kier molecular flexibility index (Phi) is 4.04. The lowest BCUT2D eigenvalue weighted by atomic mass is 10.1. The quantitative estimate of drug-likeness (QED) is 0.940. The molecule has 0 bridgehead atoms. The van der Waals surface area contributed by atoms with Crippen LogP contribution in [0.15, 0.2) is 33.3 Å².